The molecule has 154 valence electrons. The first kappa shape index (κ1) is 18.9. The van der Waals surface area contributed by atoms with Crippen LogP contribution < -0.4 is 0 Å². The summed E-state index contributed by atoms with van der Waals surface area (Å²) >= 11 is 0. The third-order valence-corrected chi connectivity index (χ3v) is 5.34. The molecule has 0 fully saturated rings. The summed E-state index contributed by atoms with van der Waals surface area (Å²) in [5.41, 5.74) is 4.56. The minimum atomic E-state index is 0.0785. The summed E-state index contributed by atoms with van der Waals surface area (Å²) in [6.45, 7) is 0. The lowest BCUT2D eigenvalue weighted by Crippen LogP contribution is -2.01. The second-order valence-corrected chi connectivity index (χ2v) is 7.49. The van der Waals surface area contributed by atoms with Crippen LogP contribution in [0.2, 0.25) is 0 Å². The smallest absolute Gasteiger partial charge is 0.219 e. The van der Waals surface area contributed by atoms with Crippen LogP contribution in [0.3, 0.4) is 0 Å². The van der Waals surface area contributed by atoms with Gasteiger partial charge in [-0.1, -0.05) is 30.3 Å². The summed E-state index contributed by atoms with van der Waals surface area (Å²) in [6.07, 6.45) is 6.37. The molecule has 31 heavy (non-hydrogen) atoms. The molecule has 0 saturated heterocycles. The molecule has 0 aliphatic heterocycles. The molecule has 7 heteroatoms. The van der Waals surface area contributed by atoms with Crippen LogP contribution in [-0.2, 0) is 19.9 Å². The molecule has 0 aliphatic carbocycles. The number of rotatable bonds is 5. The Morgan fingerprint density at radius 1 is 0.871 bits per heavy atom. The molecule has 5 rings (SSSR count). The van der Waals surface area contributed by atoms with Gasteiger partial charge in [-0.3, -0.25) is 4.40 Å². The number of benzene rings is 2. The molecule has 3 aromatic heterocycles. The number of hydrogen-bond acceptors (Lipinski definition) is 5. The van der Waals surface area contributed by atoms with Gasteiger partial charge in [0.2, 0.25) is 5.88 Å². The number of hydrogen-bond donors (Lipinski definition) is 2. The van der Waals surface area contributed by atoms with E-state index in [1.165, 1.54) is 0 Å². The third-order valence-electron chi connectivity index (χ3n) is 5.34. The lowest BCUT2D eigenvalue weighted by Gasteiger charge is -2.08. The van der Waals surface area contributed by atoms with Gasteiger partial charge in [-0.05, 0) is 29.8 Å². The van der Waals surface area contributed by atoms with Crippen LogP contribution in [0.1, 0.15) is 22.8 Å². The van der Waals surface area contributed by atoms with Gasteiger partial charge in [-0.15, -0.1) is 0 Å². The highest BCUT2D eigenvalue weighted by Crippen LogP contribution is 2.28. The van der Waals surface area contributed by atoms with Gasteiger partial charge in [0.15, 0.2) is 5.65 Å². The zero-order valence-corrected chi connectivity index (χ0v) is 17.0. The van der Waals surface area contributed by atoms with E-state index in [-0.39, 0.29) is 11.6 Å². The molecule has 0 aliphatic rings. The first-order chi connectivity index (χ1) is 15.1. The molecule has 2 aromatic carbocycles. The summed E-state index contributed by atoms with van der Waals surface area (Å²) in [4.78, 5) is 13.9. The Balaban J connectivity index is 1.66. The van der Waals surface area contributed by atoms with Gasteiger partial charge < -0.3 is 14.8 Å². The molecule has 0 spiro atoms. The zero-order chi connectivity index (χ0) is 21.4. The molecular formula is C24H21N5O2. The normalized spacial score (nSPS) is 11.3. The van der Waals surface area contributed by atoms with E-state index in [2.05, 4.69) is 4.98 Å². The van der Waals surface area contributed by atoms with Gasteiger partial charge >= 0.3 is 0 Å². The second-order valence-electron chi connectivity index (χ2n) is 7.49. The van der Waals surface area contributed by atoms with Crippen LogP contribution in [0, 0.1) is 0 Å². The van der Waals surface area contributed by atoms with E-state index in [9.17, 15) is 10.2 Å². The van der Waals surface area contributed by atoms with Crippen molar-refractivity contribution in [1.29, 1.82) is 0 Å². The van der Waals surface area contributed by atoms with Crippen molar-refractivity contribution in [2.75, 3.05) is 0 Å². The fourth-order valence-electron chi connectivity index (χ4n) is 3.66. The van der Waals surface area contributed by atoms with Crippen molar-refractivity contribution in [3.8, 4) is 22.9 Å². The zero-order valence-electron chi connectivity index (χ0n) is 17.0. The highest BCUT2D eigenvalue weighted by atomic mass is 16.3. The van der Waals surface area contributed by atoms with Crippen molar-refractivity contribution in [3.05, 3.63) is 96.0 Å². The topological polar surface area (TPSA) is 88.5 Å². The van der Waals surface area contributed by atoms with Crippen LogP contribution in [0.15, 0.2) is 73.2 Å². The van der Waals surface area contributed by atoms with Gasteiger partial charge in [0.1, 0.15) is 17.3 Å². The van der Waals surface area contributed by atoms with Crippen LogP contribution >= 0.6 is 0 Å². The van der Waals surface area contributed by atoms with Crippen LogP contribution in [0.5, 0.6) is 11.6 Å². The average molecular weight is 411 g/mol. The predicted octanol–water partition coefficient (Wildman–Crippen LogP) is 3.72. The van der Waals surface area contributed by atoms with Gasteiger partial charge in [0, 0.05) is 37.6 Å². The molecule has 0 saturated carbocycles. The molecule has 0 bridgehead atoms. The fourth-order valence-corrected chi connectivity index (χ4v) is 3.66. The van der Waals surface area contributed by atoms with Crippen molar-refractivity contribution < 1.29 is 10.2 Å². The maximum absolute atomic E-state index is 11.0. The largest absolute Gasteiger partial charge is 0.508 e. The highest BCUT2D eigenvalue weighted by Gasteiger charge is 2.19. The predicted molar refractivity (Wildman–Crippen MR) is 117 cm³/mol. The van der Waals surface area contributed by atoms with Crippen molar-refractivity contribution in [2.45, 2.75) is 12.8 Å². The Labute approximate surface area is 178 Å². The molecular weight excluding hydrogens is 390 g/mol. The summed E-state index contributed by atoms with van der Waals surface area (Å²) in [6, 6.07) is 16.9. The van der Waals surface area contributed by atoms with Crippen LogP contribution in [0.4, 0.5) is 0 Å². The highest BCUT2D eigenvalue weighted by molar-refractivity contribution is 5.63. The summed E-state index contributed by atoms with van der Waals surface area (Å²) < 4.78 is 3.60. The van der Waals surface area contributed by atoms with Gasteiger partial charge in [0.25, 0.3) is 0 Å². The summed E-state index contributed by atoms with van der Waals surface area (Å²) in [5.74, 6) is 1.09. The first-order valence-corrected chi connectivity index (χ1v) is 9.98. The number of imidazole rings is 2. The minimum absolute atomic E-state index is 0.0785. The average Bonchev–Trinajstić information content (AvgIpc) is 3.33. The SMILES string of the molecule is Cn1ccnc1Cc1nc2c(Cc3ccccc3)nc(-c3ccc(O)cc3)cn2c1O. The number of phenolic OH excluding ortho intramolecular Hbond substituents is 1. The molecule has 0 atom stereocenters. The Morgan fingerprint density at radius 3 is 2.35 bits per heavy atom. The van der Waals surface area contributed by atoms with E-state index >= 15 is 0 Å². The Morgan fingerprint density at radius 2 is 1.65 bits per heavy atom. The number of fused-ring (bicyclic) bond motifs is 1. The van der Waals surface area contributed by atoms with E-state index in [0.717, 1.165) is 22.6 Å². The van der Waals surface area contributed by atoms with Crippen molar-refractivity contribution in [3.63, 3.8) is 0 Å². The molecule has 0 amide bonds. The van der Waals surface area contributed by atoms with E-state index in [1.54, 1.807) is 41.1 Å². The lowest BCUT2D eigenvalue weighted by atomic mass is 10.1. The molecule has 3 heterocycles. The van der Waals surface area contributed by atoms with Gasteiger partial charge in [0.05, 0.1) is 17.8 Å². The minimum Gasteiger partial charge on any atom is -0.508 e. The first-order valence-electron chi connectivity index (χ1n) is 9.98. The third kappa shape index (κ3) is 3.61. The van der Waals surface area contributed by atoms with E-state index in [4.69, 9.17) is 9.97 Å². The number of aromatic nitrogens is 5. The number of aryl methyl sites for hydroxylation is 1. The lowest BCUT2D eigenvalue weighted by molar-refractivity contribution is 0.441. The number of nitrogens with zero attached hydrogens (tertiary/aromatic N) is 5. The summed E-state index contributed by atoms with van der Waals surface area (Å²) in [5, 5.41) is 20.6. The number of phenols is 1. The molecule has 2 N–H and O–H groups in total. The quantitative estimate of drug-likeness (QED) is 0.460. The van der Waals surface area contributed by atoms with E-state index in [0.29, 0.717) is 29.9 Å². The molecule has 0 radical (unpaired) electrons. The Bertz CT molecular complexity index is 1350. The second kappa shape index (κ2) is 7.60. The molecule has 0 unspecified atom stereocenters. The monoisotopic (exact) mass is 411 g/mol. The maximum Gasteiger partial charge on any atom is 0.219 e. The van der Waals surface area contributed by atoms with Crippen molar-refractivity contribution >= 4 is 5.65 Å². The van der Waals surface area contributed by atoms with Gasteiger partial charge in [-0.25, -0.2) is 15.0 Å². The van der Waals surface area contributed by atoms with E-state index in [1.807, 2.05) is 48.1 Å². The Hall–Kier alpha value is -4.13. The standard InChI is InChI=1S/C24H21N5O2/c1-28-12-11-25-22(28)14-20-24(31)29-15-21(17-7-9-18(30)10-8-17)26-19(23(29)27-20)13-16-5-3-2-4-6-16/h2-12,15,30-31H,13-14H2,1H3. The van der Waals surface area contributed by atoms with E-state index < -0.39 is 0 Å². The van der Waals surface area contributed by atoms with Gasteiger partial charge in [-0.2, -0.15) is 0 Å². The maximum atomic E-state index is 11.0. The van der Waals surface area contributed by atoms with Crippen molar-refractivity contribution in [1.82, 2.24) is 23.9 Å². The number of aromatic hydroxyl groups is 2. The molecule has 7 nitrogen and oxygen atoms in total. The Kier molecular flexibility index (Phi) is 4.63. The van der Waals surface area contributed by atoms with Crippen molar-refractivity contribution in [2.24, 2.45) is 7.05 Å². The van der Waals surface area contributed by atoms with Crippen LogP contribution in [-0.4, -0.2) is 34.1 Å². The van der Waals surface area contributed by atoms with Crippen LogP contribution in [0.25, 0.3) is 16.9 Å². The fraction of sp³-hybridized carbons (Fsp3) is 0.125. The summed E-state index contributed by atoms with van der Waals surface area (Å²) in [7, 11) is 1.92. The molecule has 5 aromatic rings.